The molecule has 0 bridgehead atoms. The summed E-state index contributed by atoms with van der Waals surface area (Å²) in [6.45, 7) is 2.80. The van der Waals surface area contributed by atoms with Gasteiger partial charge in [0.05, 0.1) is 5.69 Å². The van der Waals surface area contributed by atoms with Gasteiger partial charge in [-0.05, 0) is 36.8 Å². The first-order chi connectivity index (χ1) is 9.11. The smallest absolute Gasteiger partial charge is 0.272 e. The molecule has 3 nitrogen and oxygen atoms in total. The van der Waals surface area contributed by atoms with Crippen molar-refractivity contribution in [3.8, 4) is 0 Å². The first-order valence-electron chi connectivity index (χ1n) is 6.03. The molecule has 100 valence electrons. The molecule has 1 amide bonds. The van der Waals surface area contributed by atoms with Crippen LogP contribution in [0.4, 0.5) is 10.1 Å². The summed E-state index contributed by atoms with van der Waals surface area (Å²) in [6, 6.07) is 8.07. The molecule has 0 saturated carbocycles. The number of halogens is 2. The van der Waals surface area contributed by atoms with Crippen LogP contribution in [0.15, 0.2) is 41.0 Å². The predicted octanol–water partition coefficient (Wildman–Crippen LogP) is 4.05. The fraction of sp³-hybridized carbons (Fsp3) is 0.214. The van der Waals surface area contributed by atoms with Crippen molar-refractivity contribution in [2.75, 3.05) is 5.32 Å². The molecule has 1 heterocycles. The maximum atomic E-state index is 13.6. The summed E-state index contributed by atoms with van der Waals surface area (Å²) in [5.74, 6) is -0.768. The SMILES string of the molecule is CCCn1cccc1C(=O)Nc1ccc(Br)cc1F. The van der Waals surface area contributed by atoms with Crippen LogP contribution in [0.2, 0.25) is 0 Å². The largest absolute Gasteiger partial charge is 0.344 e. The van der Waals surface area contributed by atoms with Crippen LogP contribution in [0.1, 0.15) is 23.8 Å². The second kappa shape index (κ2) is 6.02. The quantitative estimate of drug-likeness (QED) is 0.904. The number of aryl methyl sites for hydroxylation is 1. The number of carbonyl (C=O) groups is 1. The summed E-state index contributed by atoms with van der Waals surface area (Å²) in [6.07, 6.45) is 2.78. The number of rotatable bonds is 4. The van der Waals surface area contributed by atoms with Crippen LogP contribution in [-0.2, 0) is 6.54 Å². The molecule has 0 aliphatic heterocycles. The number of anilines is 1. The molecule has 0 aliphatic rings. The lowest BCUT2D eigenvalue weighted by molar-refractivity contribution is 0.101. The summed E-state index contributed by atoms with van der Waals surface area (Å²) in [4.78, 5) is 12.1. The van der Waals surface area contributed by atoms with Gasteiger partial charge in [0.15, 0.2) is 0 Å². The lowest BCUT2D eigenvalue weighted by Crippen LogP contribution is -2.17. The molecule has 2 rings (SSSR count). The summed E-state index contributed by atoms with van der Waals surface area (Å²) in [5, 5.41) is 2.58. The number of amides is 1. The van der Waals surface area contributed by atoms with Crippen LogP contribution in [0.5, 0.6) is 0 Å². The average molecular weight is 325 g/mol. The Kier molecular flexibility index (Phi) is 4.37. The van der Waals surface area contributed by atoms with Gasteiger partial charge in [-0.3, -0.25) is 4.79 Å². The Hall–Kier alpha value is -1.62. The molecule has 19 heavy (non-hydrogen) atoms. The van der Waals surface area contributed by atoms with Gasteiger partial charge >= 0.3 is 0 Å². The van der Waals surface area contributed by atoms with Gasteiger partial charge in [-0.25, -0.2) is 4.39 Å². The summed E-state index contributed by atoms with van der Waals surface area (Å²) in [7, 11) is 0. The molecule has 0 saturated heterocycles. The van der Waals surface area contributed by atoms with Crippen LogP contribution in [0.25, 0.3) is 0 Å². The Balaban J connectivity index is 2.18. The van der Waals surface area contributed by atoms with Crippen LogP contribution >= 0.6 is 15.9 Å². The van der Waals surface area contributed by atoms with Gasteiger partial charge < -0.3 is 9.88 Å². The van der Waals surface area contributed by atoms with Crippen molar-refractivity contribution in [2.24, 2.45) is 0 Å². The lowest BCUT2D eigenvalue weighted by atomic mass is 10.3. The molecule has 1 aromatic heterocycles. The van der Waals surface area contributed by atoms with Crippen molar-refractivity contribution in [3.05, 3.63) is 52.5 Å². The fourth-order valence-corrected chi connectivity index (χ4v) is 2.17. The maximum Gasteiger partial charge on any atom is 0.272 e. The number of hydrogen-bond donors (Lipinski definition) is 1. The number of nitrogens with one attached hydrogen (secondary N) is 1. The van der Waals surface area contributed by atoms with E-state index < -0.39 is 5.82 Å². The Morgan fingerprint density at radius 3 is 2.89 bits per heavy atom. The minimum atomic E-state index is -0.462. The second-order valence-corrected chi connectivity index (χ2v) is 5.08. The van der Waals surface area contributed by atoms with Crippen molar-refractivity contribution in [1.29, 1.82) is 0 Å². The second-order valence-electron chi connectivity index (χ2n) is 4.17. The number of carbonyl (C=O) groups excluding carboxylic acids is 1. The Morgan fingerprint density at radius 2 is 2.21 bits per heavy atom. The zero-order chi connectivity index (χ0) is 13.8. The molecular formula is C14H14BrFN2O. The highest BCUT2D eigenvalue weighted by atomic mass is 79.9. The maximum absolute atomic E-state index is 13.6. The normalized spacial score (nSPS) is 10.5. The van der Waals surface area contributed by atoms with Crippen LogP contribution < -0.4 is 5.32 Å². The van der Waals surface area contributed by atoms with E-state index in [2.05, 4.69) is 21.2 Å². The minimum Gasteiger partial charge on any atom is -0.344 e. The third kappa shape index (κ3) is 3.23. The molecule has 0 unspecified atom stereocenters. The van der Waals surface area contributed by atoms with Gasteiger partial charge in [0.2, 0.25) is 0 Å². The highest BCUT2D eigenvalue weighted by molar-refractivity contribution is 9.10. The van der Waals surface area contributed by atoms with Crippen LogP contribution in [-0.4, -0.2) is 10.5 Å². The summed E-state index contributed by atoms with van der Waals surface area (Å²) in [5.41, 5.74) is 0.710. The van der Waals surface area contributed by atoms with Gasteiger partial charge in [-0.15, -0.1) is 0 Å². The summed E-state index contributed by atoms with van der Waals surface area (Å²) < 4.78 is 16.1. The Labute approximate surface area is 119 Å². The van der Waals surface area contributed by atoms with E-state index in [1.54, 1.807) is 12.1 Å². The van der Waals surface area contributed by atoms with Crippen molar-refractivity contribution in [3.63, 3.8) is 0 Å². The molecule has 0 atom stereocenters. The van der Waals surface area contributed by atoms with E-state index in [0.29, 0.717) is 10.2 Å². The van der Waals surface area contributed by atoms with Crippen molar-refractivity contribution < 1.29 is 9.18 Å². The molecule has 2 aromatic rings. The van der Waals surface area contributed by atoms with E-state index in [0.717, 1.165) is 13.0 Å². The van der Waals surface area contributed by atoms with E-state index in [9.17, 15) is 9.18 Å². The van der Waals surface area contributed by atoms with Crippen molar-refractivity contribution >= 4 is 27.5 Å². The number of nitrogens with zero attached hydrogens (tertiary/aromatic N) is 1. The van der Waals surface area contributed by atoms with Crippen LogP contribution in [0.3, 0.4) is 0 Å². The van der Waals surface area contributed by atoms with E-state index in [4.69, 9.17) is 0 Å². The molecule has 0 spiro atoms. The number of hydrogen-bond acceptors (Lipinski definition) is 1. The molecule has 0 fully saturated rings. The molecule has 5 heteroatoms. The first kappa shape index (κ1) is 13.8. The van der Waals surface area contributed by atoms with Crippen molar-refractivity contribution in [1.82, 2.24) is 4.57 Å². The van der Waals surface area contributed by atoms with E-state index in [1.165, 1.54) is 12.1 Å². The number of aromatic nitrogens is 1. The van der Waals surface area contributed by atoms with Crippen LogP contribution in [0, 0.1) is 5.82 Å². The molecular weight excluding hydrogens is 311 g/mol. The third-order valence-electron chi connectivity index (χ3n) is 2.71. The van der Waals surface area contributed by atoms with E-state index in [-0.39, 0.29) is 11.6 Å². The minimum absolute atomic E-state index is 0.178. The highest BCUT2D eigenvalue weighted by Crippen LogP contribution is 2.20. The monoisotopic (exact) mass is 324 g/mol. The highest BCUT2D eigenvalue weighted by Gasteiger charge is 2.12. The lowest BCUT2D eigenvalue weighted by Gasteiger charge is -2.09. The molecule has 1 N–H and O–H groups in total. The molecule has 1 aromatic carbocycles. The zero-order valence-electron chi connectivity index (χ0n) is 10.5. The Morgan fingerprint density at radius 1 is 1.42 bits per heavy atom. The topological polar surface area (TPSA) is 34.0 Å². The van der Waals surface area contributed by atoms with E-state index >= 15 is 0 Å². The molecule has 0 radical (unpaired) electrons. The predicted molar refractivity (Wildman–Crippen MR) is 76.8 cm³/mol. The first-order valence-corrected chi connectivity index (χ1v) is 6.82. The average Bonchev–Trinajstić information content (AvgIpc) is 2.81. The Bertz CT molecular complexity index is 595. The van der Waals surface area contributed by atoms with Gasteiger partial charge in [-0.1, -0.05) is 22.9 Å². The number of benzene rings is 1. The van der Waals surface area contributed by atoms with Crippen molar-refractivity contribution in [2.45, 2.75) is 19.9 Å². The van der Waals surface area contributed by atoms with E-state index in [1.807, 2.05) is 23.8 Å². The fourth-order valence-electron chi connectivity index (χ4n) is 1.83. The summed E-state index contributed by atoms with van der Waals surface area (Å²) >= 11 is 3.18. The standard InChI is InChI=1S/C14H14BrFN2O/c1-2-7-18-8-3-4-13(18)14(19)17-12-6-5-10(15)9-11(12)16/h3-6,8-9H,2,7H2,1H3,(H,17,19). The third-order valence-corrected chi connectivity index (χ3v) is 3.20. The molecule has 0 aliphatic carbocycles. The van der Waals surface area contributed by atoms with Gasteiger partial charge in [0.1, 0.15) is 11.5 Å². The van der Waals surface area contributed by atoms with Gasteiger partial charge in [0, 0.05) is 17.2 Å². The van der Waals surface area contributed by atoms with Gasteiger partial charge in [0.25, 0.3) is 5.91 Å². The zero-order valence-corrected chi connectivity index (χ0v) is 12.1. The van der Waals surface area contributed by atoms with Gasteiger partial charge in [-0.2, -0.15) is 0 Å².